The number of anilines is 3. The Hall–Kier alpha value is -2.91. The van der Waals surface area contributed by atoms with E-state index < -0.39 is 68.0 Å². The van der Waals surface area contributed by atoms with E-state index in [4.69, 9.17) is 4.84 Å². The van der Waals surface area contributed by atoms with Gasteiger partial charge in [0.15, 0.2) is 17.5 Å². The molecule has 3 aromatic carbocycles. The molecular weight excluding hydrogens is 653 g/mol. The average Bonchev–Trinajstić information content (AvgIpc) is 2.85. The molecule has 3 N–H and O–H groups in total. The predicted octanol–water partition coefficient (Wildman–Crippen LogP) is 6.40. The number of hydrogen-bond donors (Lipinski definition) is 3. The molecule has 39 heavy (non-hydrogen) atoms. The van der Waals surface area contributed by atoms with Crippen molar-refractivity contribution < 1.29 is 35.6 Å². The Morgan fingerprint density at radius 2 is 1.64 bits per heavy atom. The van der Waals surface area contributed by atoms with Crippen molar-refractivity contribution in [1.29, 1.82) is 0 Å². The number of rotatable bonds is 9. The minimum atomic E-state index is -3.81. The van der Waals surface area contributed by atoms with Crippen LogP contribution in [0.4, 0.5) is 34.6 Å². The summed E-state index contributed by atoms with van der Waals surface area (Å²) in [7, 11) is -3.81. The maximum absolute atomic E-state index is 15.4. The number of sulfonamides is 1. The van der Waals surface area contributed by atoms with Crippen LogP contribution in [0.25, 0.3) is 0 Å². The Bertz CT molecular complexity index is 1510. The summed E-state index contributed by atoms with van der Waals surface area (Å²) in [6.45, 7) is 6.31. The Balaban J connectivity index is 2.09. The zero-order valence-electron chi connectivity index (χ0n) is 21.4. The SMILES string of the molecule is CCS(=O)(=O)Nc1cccc(Cc2cc(C(=O)NOC(C)(C)C)c(Nc3ccc(I)cc3F)c(F)c2F)c1F. The number of amides is 1. The maximum atomic E-state index is 15.4. The second-order valence-corrected chi connectivity index (χ2v) is 12.7. The van der Waals surface area contributed by atoms with Crippen LogP contribution < -0.4 is 15.5 Å². The molecule has 3 aromatic rings. The van der Waals surface area contributed by atoms with Gasteiger partial charge in [-0.3, -0.25) is 14.4 Å². The topological polar surface area (TPSA) is 96.5 Å². The molecule has 0 aromatic heterocycles. The van der Waals surface area contributed by atoms with Crippen molar-refractivity contribution >= 4 is 55.6 Å². The number of halogens is 5. The van der Waals surface area contributed by atoms with Gasteiger partial charge in [0.1, 0.15) is 5.82 Å². The molecule has 0 aliphatic carbocycles. The largest absolute Gasteiger partial charge is 0.350 e. The Morgan fingerprint density at radius 1 is 0.949 bits per heavy atom. The molecule has 1 amide bonds. The maximum Gasteiger partial charge on any atom is 0.277 e. The summed E-state index contributed by atoms with van der Waals surface area (Å²) < 4.78 is 86.8. The van der Waals surface area contributed by atoms with Gasteiger partial charge in [-0.05, 0) is 91.7 Å². The van der Waals surface area contributed by atoms with E-state index in [1.807, 2.05) is 22.6 Å². The molecule has 0 aliphatic heterocycles. The number of hydroxylamine groups is 1. The predicted molar refractivity (Wildman–Crippen MR) is 149 cm³/mol. The van der Waals surface area contributed by atoms with Crippen molar-refractivity contribution in [2.24, 2.45) is 0 Å². The number of carbonyl (C=O) groups is 1. The standard InChI is InChI=1S/C26H26F4IN3O4S/c1-5-39(36,37)34-20-8-6-7-14(21(20)28)11-15-12-17(25(35)33-38-26(2,3)4)24(23(30)22(15)29)32-19-10-9-16(31)13-18(19)27/h6-10,12-13,32,34H,5,11H2,1-4H3,(H,33,35). The van der Waals surface area contributed by atoms with Crippen LogP contribution in [0.3, 0.4) is 0 Å². The number of benzene rings is 3. The fourth-order valence-electron chi connectivity index (χ4n) is 3.33. The van der Waals surface area contributed by atoms with Crippen LogP contribution in [0.15, 0.2) is 42.5 Å². The summed E-state index contributed by atoms with van der Waals surface area (Å²) in [6, 6.07) is 8.79. The van der Waals surface area contributed by atoms with Crippen LogP contribution in [-0.4, -0.2) is 25.7 Å². The molecule has 0 radical (unpaired) electrons. The van der Waals surface area contributed by atoms with Gasteiger partial charge in [-0.15, -0.1) is 0 Å². The second kappa shape index (κ2) is 12.1. The van der Waals surface area contributed by atoms with Gasteiger partial charge in [0.25, 0.3) is 5.91 Å². The quantitative estimate of drug-likeness (QED) is 0.138. The van der Waals surface area contributed by atoms with Gasteiger partial charge in [-0.25, -0.2) is 31.5 Å². The first-order valence-electron chi connectivity index (χ1n) is 11.6. The molecule has 210 valence electrons. The molecule has 13 heteroatoms. The van der Waals surface area contributed by atoms with Crippen molar-refractivity contribution in [1.82, 2.24) is 5.48 Å². The average molecular weight is 679 g/mol. The van der Waals surface area contributed by atoms with Crippen molar-refractivity contribution in [3.05, 3.63) is 86.0 Å². The van der Waals surface area contributed by atoms with Crippen molar-refractivity contribution in [2.75, 3.05) is 15.8 Å². The molecule has 0 saturated heterocycles. The molecule has 0 heterocycles. The van der Waals surface area contributed by atoms with Gasteiger partial charge in [-0.1, -0.05) is 12.1 Å². The molecular formula is C26H26F4IN3O4S. The second-order valence-electron chi connectivity index (χ2n) is 9.44. The van der Waals surface area contributed by atoms with Crippen LogP contribution in [0, 0.1) is 26.8 Å². The highest BCUT2D eigenvalue weighted by Crippen LogP contribution is 2.32. The molecule has 0 fully saturated rings. The van der Waals surface area contributed by atoms with Crippen LogP contribution in [0.2, 0.25) is 0 Å². The fourth-order valence-corrected chi connectivity index (χ4v) is 4.42. The van der Waals surface area contributed by atoms with Gasteiger partial charge in [0.05, 0.1) is 34.0 Å². The van der Waals surface area contributed by atoms with E-state index in [0.717, 1.165) is 12.1 Å². The summed E-state index contributed by atoms with van der Waals surface area (Å²) in [4.78, 5) is 18.3. The first kappa shape index (κ1) is 30.6. The highest BCUT2D eigenvalue weighted by atomic mass is 127. The van der Waals surface area contributed by atoms with Crippen molar-refractivity contribution in [3.8, 4) is 0 Å². The lowest BCUT2D eigenvalue weighted by atomic mass is 9.99. The molecule has 0 bridgehead atoms. The fraction of sp³-hybridized carbons (Fsp3) is 0.269. The Kier molecular flexibility index (Phi) is 9.49. The van der Waals surface area contributed by atoms with Crippen molar-refractivity contribution in [3.63, 3.8) is 0 Å². The van der Waals surface area contributed by atoms with Gasteiger partial charge in [-0.2, -0.15) is 0 Å². The molecule has 0 saturated carbocycles. The molecule has 3 rings (SSSR count). The van der Waals surface area contributed by atoms with Gasteiger partial charge in [0, 0.05) is 9.99 Å². The Labute approximate surface area is 237 Å². The third-order valence-electron chi connectivity index (χ3n) is 5.27. The lowest BCUT2D eigenvalue weighted by molar-refractivity contribution is -0.0589. The van der Waals surface area contributed by atoms with E-state index in [-0.39, 0.29) is 22.7 Å². The lowest BCUT2D eigenvalue weighted by Gasteiger charge is -2.21. The normalized spacial score (nSPS) is 11.8. The van der Waals surface area contributed by atoms with Crippen molar-refractivity contribution in [2.45, 2.75) is 39.7 Å². The molecule has 7 nitrogen and oxygen atoms in total. The molecule has 0 unspecified atom stereocenters. The minimum absolute atomic E-state index is 0.161. The highest BCUT2D eigenvalue weighted by Gasteiger charge is 2.26. The summed E-state index contributed by atoms with van der Waals surface area (Å²) in [5.74, 6) is -5.94. The van der Waals surface area contributed by atoms with Gasteiger partial charge in [0.2, 0.25) is 10.0 Å². The third kappa shape index (κ3) is 7.82. The first-order valence-corrected chi connectivity index (χ1v) is 14.3. The van der Waals surface area contributed by atoms with Crippen LogP contribution in [0.1, 0.15) is 49.2 Å². The molecule has 0 atom stereocenters. The highest BCUT2D eigenvalue weighted by molar-refractivity contribution is 14.1. The summed E-state index contributed by atoms with van der Waals surface area (Å²) >= 11 is 1.88. The number of hydrogen-bond acceptors (Lipinski definition) is 5. The minimum Gasteiger partial charge on any atom is -0.350 e. The van der Waals surface area contributed by atoms with E-state index in [0.29, 0.717) is 3.57 Å². The lowest BCUT2D eigenvalue weighted by Crippen LogP contribution is -2.34. The summed E-state index contributed by atoms with van der Waals surface area (Å²) in [5.41, 5.74) is -0.900. The zero-order chi connectivity index (χ0) is 29.1. The van der Waals surface area contributed by atoms with Crippen LogP contribution in [-0.2, 0) is 21.3 Å². The van der Waals surface area contributed by atoms with Gasteiger partial charge >= 0.3 is 0 Å². The summed E-state index contributed by atoms with van der Waals surface area (Å²) in [6.07, 6.45) is -0.533. The zero-order valence-corrected chi connectivity index (χ0v) is 24.4. The first-order chi connectivity index (χ1) is 18.1. The molecule has 0 aliphatic rings. The van der Waals surface area contributed by atoms with Crippen LogP contribution >= 0.6 is 22.6 Å². The van der Waals surface area contributed by atoms with E-state index in [1.165, 1.54) is 37.3 Å². The third-order valence-corrected chi connectivity index (χ3v) is 7.23. The number of nitrogens with one attached hydrogen (secondary N) is 3. The van der Waals surface area contributed by atoms with Crippen LogP contribution in [0.5, 0.6) is 0 Å². The smallest absolute Gasteiger partial charge is 0.277 e. The molecule has 0 spiro atoms. The van der Waals surface area contributed by atoms with E-state index >= 15 is 13.2 Å². The van der Waals surface area contributed by atoms with Gasteiger partial charge < -0.3 is 5.32 Å². The summed E-state index contributed by atoms with van der Waals surface area (Å²) in [5, 5.41) is 2.44. The van der Waals surface area contributed by atoms with E-state index in [1.54, 1.807) is 20.8 Å². The van der Waals surface area contributed by atoms with E-state index in [9.17, 15) is 17.6 Å². The number of carbonyl (C=O) groups excluding carboxylic acids is 1. The Morgan fingerprint density at radius 3 is 2.26 bits per heavy atom. The monoisotopic (exact) mass is 679 g/mol. The van der Waals surface area contributed by atoms with E-state index in [2.05, 4.69) is 15.5 Å².